The highest BCUT2D eigenvalue weighted by atomic mass is 16.5. The Morgan fingerprint density at radius 3 is 2.54 bits per heavy atom. The van der Waals surface area contributed by atoms with Gasteiger partial charge in [0.2, 0.25) is 0 Å². The summed E-state index contributed by atoms with van der Waals surface area (Å²) < 4.78 is 5.15. The fourth-order valence-corrected chi connectivity index (χ4v) is 2.25. The van der Waals surface area contributed by atoms with Gasteiger partial charge in [0.15, 0.2) is 0 Å². The van der Waals surface area contributed by atoms with Crippen LogP contribution in [0.15, 0.2) is 42.6 Å². The van der Waals surface area contributed by atoms with Gasteiger partial charge in [0.25, 0.3) is 5.91 Å². The Morgan fingerprint density at radius 1 is 1.12 bits per heavy atom. The van der Waals surface area contributed by atoms with Gasteiger partial charge in [-0.25, -0.2) is 4.98 Å². The van der Waals surface area contributed by atoms with Crippen LogP contribution in [0.1, 0.15) is 35.8 Å². The molecule has 0 saturated heterocycles. The second kappa shape index (κ2) is 9.55. The molecule has 0 atom stereocenters. The maximum Gasteiger partial charge on any atom is 0.269 e. The summed E-state index contributed by atoms with van der Waals surface area (Å²) in [6, 6.07) is 11.7. The molecule has 1 aromatic heterocycles. The fraction of sp³-hybridized carbons (Fsp3) is 0.368. The molecule has 1 amide bonds. The Hall–Kier alpha value is -2.56. The summed E-state index contributed by atoms with van der Waals surface area (Å²) in [5, 5.41) is 6.18. The van der Waals surface area contributed by atoms with Crippen molar-refractivity contribution in [2.75, 3.05) is 25.5 Å². The molecule has 1 heterocycles. The quantitative estimate of drug-likeness (QED) is 0.694. The highest BCUT2D eigenvalue weighted by Crippen LogP contribution is 2.12. The number of hydrogen-bond donors (Lipinski definition) is 2. The lowest BCUT2D eigenvalue weighted by atomic mass is 10.1. The van der Waals surface area contributed by atoms with Gasteiger partial charge < -0.3 is 15.4 Å². The first kappa shape index (κ1) is 17.8. The molecule has 2 aromatic rings. The minimum absolute atomic E-state index is 0.117. The van der Waals surface area contributed by atoms with Gasteiger partial charge in [-0.3, -0.25) is 4.79 Å². The number of amides is 1. The summed E-state index contributed by atoms with van der Waals surface area (Å²) in [5.74, 6) is 0.747. The number of nitrogens with one attached hydrogen (secondary N) is 2. The van der Waals surface area contributed by atoms with E-state index in [9.17, 15) is 4.79 Å². The molecule has 2 N–H and O–H groups in total. The molecule has 0 aliphatic carbocycles. The molecule has 5 heteroatoms. The highest BCUT2D eigenvalue weighted by molar-refractivity contribution is 5.92. The van der Waals surface area contributed by atoms with Gasteiger partial charge in [-0.1, -0.05) is 25.5 Å². The van der Waals surface area contributed by atoms with Gasteiger partial charge in [-0.2, -0.15) is 0 Å². The Balaban J connectivity index is 1.77. The monoisotopic (exact) mass is 327 g/mol. The lowest BCUT2D eigenvalue weighted by Crippen LogP contribution is -2.25. The number of pyridine rings is 1. The van der Waals surface area contributed by atoms with Gasteiger partial charge in [-0.05, 0) is 42.7 Å². The van der Waals surface area contributed by atoms with Gasteiger partial charge >= 0.3 is 0 Å². The van der Waals surface area contributed by atoms with E-state index in [4.69, 9.17) is 4.74 Å². The third kappa shape index (κ3) is 5.57. The summed E-state index contributed by atoms with van der Waals surface area (Å²) in [7, 11) is 1.66. The van der Waals surface area contributed by atoms with Crippen molar-refractivity contribution in [1.29, 1.82) is 0 Å². The van der Waals surface area contributed by atoms with Crippen molar-refractivity contribution < 1.29 is 9.53 Å². The van der Waals surface area contributed by atoms with Gasteiger partial charge in [0, 0.05) is 13.1 Å². The molecule has 0 aliphatic rings. The number of nitrogens with zero attached hydrogens (tertiary/aromatic N) is 1. The molecule has 24 heavy (non-hydrogen) atoms. The van der Waals surface area contributed by atoms with Crippen LogP contribution >= 0.6 is 0 Å². The van der Waals surface area contributed by atoms with Crippen molar-refractivity contribution in [2.45, 2.75) is 26.2 Å². The first-order valence-corrected chi connectivity index (χ1v) is 8.34. The Labute approximate surface area is 143 Å². The molecule has 0 unspecified atom stereocenters. The Bertz CT molecular complexity index is 624. The second-order valence-electron chi connectivity index (χ2n) is 5.57. The van der Waals surface area contributed by atoms with Crippen molar-refractivity contribution in [3.8, 4) is 5.75 Å². The van der Waals surface area contributed by atoms with E-state index in [0.29, 0.717) is 12.2 Å². The van der Waals surface area contributed by atoms with Crippen LogP contribution in [0, 0.1) is 0 Å². The van der Waals surface area contributed by atoms with Crippen LogP contribution < -0.4 is 15.4 Å². The SMILES string of the molecule is CCCCNC(=O)c1ccc(NCCc2ccc(OC)cc2)cn1. The molecule has 0 aliphatic heterocycles. The molecule has 0 saturated carbocycles. The zero-order valence-corrected chi connectivity index (χ0v) is 14.3. The van der Waals surface area contributed by atoms with E-state index in [2.05, 4.69) is 34.7 Å². The van der Waals surface area contributed by atoms with Crippen molar-refractivity contribution in [1.82, 2.24) is 10.3 Å². The number of unbranched alkanes of at least 4 members (excludes halogenated alkanes) is 1. The van der Waals surface area contributed by atoms with E-state index in [1.54, 1.807) is 19.4 Å². The van der Waals surface area contributed by atoms with Crippen molar-refractivity contribution >= 4 is 11.6 Å². The average molecular weight is 327 g/mol. The maximum atomic E-state index is 11.9. The molecule has 5 nitrogen and oxygen atoms in total. The van der Waals surface area contributed by atoms with E-state index in [1.165, 1.54) is 5.56 Å². The summed E-state index contributed by atoms with van der Waals surface area (Å²) >= 11 is 0. The summed E-state index contributed by atoms with van der Waals surface area (Å²) in [6.07, 6.45) is 4.65. The van der Waals surface area contributed by atoms with Crippen molar-refractivity contribution in [3.05, 3.63) is 53.9 Å². The van der Waals surface area contributed by atoms with Crippen LogP contribution in [0.2, 0.25) is 0 Å². The van der Waals surface area contributed by atoms with Crippen LogP contribution in [0.25, 0.3) is 0 Å². The third-order valence-electron chi connectivity index (χ3n) is 3.71. The lowest BCUT2D eigenvalue weighted by Gasteiger charge is -2.08. The summed E-state index contributed by atoms with van der Waals surface area (Å²) in [4.78, 5) is 16.1. The zero-order valence-electron chi connectivity index (χ0n) is 14.3. The van der Waals surface area contributed by atoms with Crippen molar-refractivity contribution in [3.63, 3.8) is 0 Å². The third-order valence-corrected chi connectivity index (χ3v) is 3.71. The number of hydrogen-bond acceptors (Lipinski definition) is 4. The standard InChI is InChI=1S/C19H25N3O2/c1-3-4-12-21-19(23)18-10-7-16(14-22-18)20-13-11-15-5-8-17(24-2)9-6-15/h5-10,14,20H,3-4,11-13H2,1-2H3,(H,21,23). The second-order valence-corrected chi connectivity index (χ2v) is 5.57. The van der Waals surface area contributed by atoms with Gasteiger partial charge in [0.1, 0.15) is 11.4 Å². The number of methoxy groups -OCH3 is 1. The molecular formula is C19H25N3O2. The maximum absolute atomic E-state index is 11.9. The molecule has 128 valence electrons. The molecule has 0 bridgehead atoms. The Kier molecular flexibility index (Phi) is 7.08. The van der Waals surface area contributed by atoms with Gasteiger partial charge in [-0.15, -0.1) is 0 Å². The Morgan fingerprint density at radius 2 is 1.92 bits per heavy atom. The molecule has 0 spiro atoms. The molecule has 0 radical (unpaired) electrons. The number of benzene rings is 1. The molecule has 0 fully saturated rings. The van der Waals surface area contributed by atoms with Crippen LogP contribution in [0.3, 0.4) is 0 Å². The number of carbonyl (C=O) groups excluding carboxylic acids is 1. The predicted molar refractivity (Wildman–Crippen MR) is 96.7 cm³/mol. The first-order valence-electron chi connectivity index (χ1n) is 8.34. The van der Waals surface area contributed by atoms with Crippen LogP contribution in [0.4, 0.5) is 5.69 Å². The topological polar surface area (TPSA) is 63.2 Å². The molecule has 1 aromatic carbocycles. The number of aromatic nitrogens is 1. The average Bonchev–Trinajstić information content (AvgIpc) is 2.63. The zero-order chi connectivity index (χ0) is 17.2. The van der Waals surface area contributed by atoms with Crippen molar-refractivity contribution in [2.24, 2.45) is 0 Å². The number of rotatable bonds is 9. The predicted octanol–water partition coefficient (Wildman–Crippen LogP) is 3.27. The normalized spacial score (nSPS) is 10.2. The van der Waals surface area contributed by atoms with Gasteiger partial charge in [0.05, 0.1) is 19.0 Å². The van der Waals surface area contributed by atoms with E-state index in [-0.39, 0.29) is 5.91 Å². The van der Waals surface area contributed by atoms with Crippen LogP contribution in [-0.4, -0.2) is 31.1 Å². The smallest absolute Gasteiger partial charge is 0.269 e. The number of anilines is 1. The van der Waals surface area contributed by atoms with Crippen LogP contribution in [0.5, 0.6) is 5.75 Å². The summed E-state index contributed by atoms with van der Waals surface area (Å²) in [5.41, 5.74) is 2.60. The summed E-state index contributed by atoms with van der Waals surface area (Å²) in [6.45, 7) is 3.59. The first-order chi connectivity index (χ1) is 11.7. The fourth-order valence-electron chi connectivity index (χ4n) is 2.25. The highest BCUT2D eigenvalue weighted by Gasteiger charge is 2.05. The molecular weight excluding hydrogens is 302 g/mol. The van der Waals surface area contributed by atoms with E-state index in [0.717, 1.165) is 37.2 Å². The van der Waals surface area contributed by atoms with E-state index < -0.39 is 0 Å². The lowest BCUT2D eigenvalue weighted by molar-refractivity contribution is 0.0948. The number of ether oxygens (including phenoxy) is 1. The van der Waals surface area contributed by atoms with E-state index in [1.807, 2.05) is 18.2 Å². The van der Waals surface area contributed by atoms with E-state index >= 15 is 0 Å². The molecule has 2 rings (SSSR count). The number of carbonyl (C=O) groups is 1. The minimum atomic E-state index is -0.117. The van der Waals surface area contributed by atoms with Crippen LogP contribution in [-0.2, 0) is 6.42 Å². The largest absolute Gasteiger partial charge is 0.497 e. The minimum Gasteiger partial charge on any atom is -0.497 e.